The number of allylic oxidation sites excluding steroid dienone is 3. The third kappa shape index (κ3) is 29.3. The van der Waals surface area contributed by atoms with E-state index in [4.69, 9.17) is 0 Å². The molecule has 0 saturated heterocycles. The number of carbonyl (C=O) groups excluding carboxylic acids is 1. The lowest BCUT2D eigenvalue weighted by Crippen LogP contribution is -2.50. The highest BCUT2D eigenvalue weighted by Gasteiger charge is 2.27. The van der Waals surface area contributed by atoms with E-state index in [1.165, 1.54) is 109 Å². The molecule has 0 aromatic rings. The molecule has 0 rings (SSSR count). The van der Waals surface area contributed by atoms with Crippen molar-refractivity contribution in [3.05, 3.63) is 24.3 Å². The number of amides is 1. The van der Waals surface area contributed by atoms with Gasteiger partial charge in [-0.3, -0.25) is 9.35 Å². The average Bonchev–Trinajstić information content (AvgIpc) is 2.96. The zero-order valence-corrected chi connectivity index (χ0v) is 28.5. The Morgan fingerprint density at radius 3 is 1.53 bits per heavy atom. The fourth-order valence-corrected chi connectivity index (χ4v) is 5.97. The second kappa shape index (κ2) is 29.5. The maximum absolute atomic E-state index is 12.5. The van der Waals surface area contributed by atoms with E-state index in [1.54, 1.807) is 6.08 Å². The first-order chi connectivity index (χ1) is 20.7. The van der Waals surface area contributed by atoms with Crippen molar-refractivity contribution in [3.8, 4) is 0 Å². The van der Waals surface area contributed by atoms with Crippen LogP contribution in [0.2, 0.25) is 0 Å². The van der Waals surface area contributed by atoms with E-state index in [0.717, 1.165) is 32.1 Å². The molecule has 1 amide bonds. The van der Waals surface area contributed by atoms with Crippen molar-refractivity contribution in [2.75, 3.05) is 5.75 Å². The van der Waals surface area contributed by atoms with Gasteiger partial charge in [0.15, 0.2) is 0 Å². The molecule has 0 aliphatic carbocycles. The summed E-state index contributed by atoms with van der Waals surface area (Å²) in [5.74, 6) is -1.55. The van der Waals surface area contributed by atoms with E-state index in [-0.39, 0.29) is 6.42 Å². The summed E-state index contributed by atoms with van der Waals surface area (Å²) in [4.78, 5) is 12.5. The van der Waals surface area contributed by atoms with Gasteiger partial charge in [0.05, 0.1) is 17.9 Å². The van der Waals surface area contributed by atoms with Crippen LogP contribution >= 0.6 is 0 Å². The van der Waals surface area contributed by atoms with Crippen LogP contribution in [0.15, 0.2) is 24.3 Å². The molecule has 0 aromatic carbocycles. The Hall–Kier alpha value is -1.22. The Morgan fingerprint density at radius 1 is 0.628 bits per heavy atom. The fourth-order valence-electron chi connectivity index (χ4n) is 5.24. The van der Waals surface area contributed by atoms with Crippen LogP contribution in [0, 0.1) is 0 Å². The average molecular weight is 630 g/mol. The molecule has 7 nitrogen and oxygen atoms in total. The summed E-state index contributed by atoms with van der Waals surface area (Å²) in [5, 5.41) is 23.2. The van der Waals surface area contributed by atoms with Crippen LogP contribution in [0.4, 0.5) is 0 Å². The van der Waals surface area contributed by atoms with Gasteiger partial charge in [0.2, 0.25) is 5.91 Å². The first-order valence-corrected chi connectivity index (χ1v) is 19.3. The highest BCUT2D eigenvalue weighted by Crippen LogP contribution is 2.15. The molecule has 0 bridgehead atoms. The van der Waals surface area contributed by atoms with Gasteiger partial charge in [-0.2, -0.15) is 8.42 Å². The minimum Gasteiger partial charge on any atom is -0.387 e. The van der Waals surface area contributed by atoms with Gasteiger partial charge in [0, 0.05) is 0 Å². The summed E-state index contributed by atoms with van der Waals surface area (Å²) in [7, 11) is -4.44. The first kappa shape index (κ1) is 41.8. The number of hydrogen-bond acceptors (Lipinski definition) is 5. The lowest BCUT2D eigenvalue weighted by molar-refractivity contribution is -0.130. The molecule has 254 valence electrons. The minimum absolute atomic E-state index is 0.277. The summed E-state index contributed by atoms with van der Waals surface area (Å²) in [6.07, 6.45) is 32.4. The number of aliphatic hydroxyl groups is 2. The van der Waals surface area contributed by atoms with Crippen LogP contribution in [-0.2, 0) is 14.9 Å². The van der Waals surface area contributed by atoms with Crippen molar-refractivity contribution in [2.45, 2.75) is 186 Å². The van der Waals surface area contributed by atoms with Crippen LogP contribution in [0.5, 0.6) is 0 Å². The van der Waals surface area contributed by atoms with Crippen molar-refractivity contribution >= 4 is 16.0 Å². The van der Waals surface area contributed by atoms with Gasteiger partial charge in [0.1, 0.15) is 6.10 Å². The maximum atomic E-state index is 12.5. The van der Waals surface area contributed by atoms with Crippen molar-refractivity contribution < 1.29 is 28.0 Å². The Kier molecular flexibility index (Phi) is 28.7. The number of nitrogens with one attached hydrogen (secondary N) is 1. The third-order valence-electron chi connectivity index (χ3n) is 7.99. The van der Waals surface area contributed by atoms with Crippen LogP contribution in [0.3, 0.4) is 0 Å². The normalized spacial score (nSPS) is 14.4. The molecule has 0 heterocycles. The van der Waals surface area contributed by atoms with Crippen molar-refractivity contribution in [3.63, 3.8) is 0 Å². The monoisotopic (exact) mass is 629 g/mol. The second-order valence-electron chi connectivity index (χ2n) is 12.3. The number of carbonyl (C=O) groups is 1. The van der Waals surface area contributed by atoms with Crippen LogP contribution in [0.1, 0.15) is 168 Å². The highest BCUT2D eigenvalue weighted by molar-refractivity contribution is 7.85. The predicted molar refractivity (Wildman–Crippen MR) is 181 cm³/mol. The smallest absolute Gasteiger partial charge is 0.267 e. The van der Waals surface area contributed by atoms with Gasteiger partial charge in [-0.15, -0.1) is 0 Å². The Morgan fingerprint density at radius 2 is 1.05 bits per heavy atom. The topological polar surface area (TPSA) is 124 Å². The maximum Gasteiger partial charge on any atom is 0.267 e. The number of rotatable bonds is 31. The quantitative estimate of drug-likeness (QED) is 0.0346. The van der Waals surface area contributed by atoms with Gasteiger partial charge in [-0.25, -0.2) is 0 Å². The lowest BCUT2D eigenvalue weighted by Gasteiger charge is -2.22. The van der Waals surface area contributed by atoms with E-state index in [9.17, 15) is 28.0 Å². The Labute approximate surface area is 265 Å². The second-order valence-corrected chi connectivity index (χ2v) is 13.8. The van der Waals surface area contributed by atoms with Gasteiger partial charge < -0.3 is 15.5 Å². The van der Waals surface area contributed by atoms with Crippen LogP contribution in [0.25, 0.3) is 0 Å². The van der Waals surface area contributed by atoms with Crippen molar-refractivity contribution in [2.24, 2.45) is 0 Å². The molecule has 0 radical (unpaired) electrons. The van der Waals surface area contributed by atoms with Gasteiger partial charge in [-0.05, 0) is 32.1 Å². The molecule has 0 aliphatic rings. The van der Waals surface area contributed by atoms with E-state index in [2.05, 4.69) is 31.3 Å². The van der Waals surface area contributed by atoms with Crippen LogP contribution in [-0.4, -0.2) is 53.1 Å². The zero-order valence-electron chi connectivity index (χ0n) is 27.7. The van der Waals surface area contributed by atoms with Crippen molar-refractivity contribution in [1.82, 2.24) is 5.32 Å². The molecule has 0 aromatic heterocycles. The third-order valence-corrected chi connectivity index (χ3v) is 8.77. The van der Waals surface area contributed by atoms with E-state index >= 15 is 0 Å². The largest absolute Gasteiger partial charge is 0.387 e. The van der Waals surface area contributed by atoms with E-state index < -0.39 is 40.0 Å². The Balaban J connectivity index is 4.11. The molecule has 0 spiro atoms. The predicted octanol–water partition coefficient (Wildman–Crippen LogP) is 8.60. The Bertz CT molecular complexity index is 798. The highest BCUT2D eigenvalue weighted by atomic mass is 32.2. The molecule has 3 unspecified atom stereocenters. The molecule has 0 aliphatic heterocycles. The van der Waals surface area contributed by atoms with E-state index in [0.29, 0.717) is 12.8 Å². The number of unbranched alkanes of at least 4 members (excludes halogenated alkanes) is 20. The fraction of sp³-hybridized carbons (Fsp3) is 0.857. The van der Waals surface area contributed by atoms with E-state index in [1.807, 2.05) is 0 Å². The number of hydrogen-bond donors (Lipinski definition) is 4. The number of aliphatic hydroxyl groups excluding tert-OH is 2. The molecular formula is C35H67NO6S. The van der Waals surface area contributed by atoms with Crippen LogP contribution < -0.4 is 5.32 Å². The summed E-state index contributed by atoms with van der Waals surface area (Å²) in [6, 6.07) is -1.24. The molecular weight excluding hydrogens is 562 g/mol. The molecule has 8 heteroatoms. The molecule has 43 heavy (non-hydrogen) atoms. The summed E-state index contributed by atoms with van der Waals surface area (Å²) in [6.45, 7) is 4.44. The SMILES string of the molecule is CCCCCC/C=C/CC/C=C/C(O)C(CS(=O)(=O)O)NC(=O)C(O)CCCCCCCCCCCCCCCCCC. The lowest BCUT2D eigenvalue weighted by atomic mass is 10.0. The van der Waals surface area contributed by atoms with Crippen molar-refractivity contribution in [1.29, 1.82) is 0 Å². The summed E-state index contributed by atoms with van der Waals surface area (Å²) >= 11 is 0. The molecule has 4 N–H and O–H groups in total. The van der Waals surface area contributed by atoms with Gasteiger partial charge in [-0.1, -0.05) is 160 Å². The summed E-state index contributed by atoms with van der Waals surface area (Å²) in [5.41, 5.74) is 0. The van der Waals surface area contributed by atoms with Gasteiger partial charge >= 0.3 is 0 Å². The first-order valence-electron chi connectivity index (χ1n) is 17.6. The zero-order chi connectivity index (χ0) is 32.0. The summed E-state index contributed by atoms with van der Waals surface area (Å²) < 4.78 is 32.3. The molecule has 0 fully saturated rings. The molecule has 0 saturated carbocycles. The molecule has 3 atom stereocenters. The minimum atomic E-state index is -4.44. The standard InChI is InChI=1S/C35H67NO6S/c1-3-5-7-9-11-13-15-16-17-18-19-20-22-24-26-28-30-34(38)35(39)36-32(31-43(40,41)42)33(37)29-27-25-23-21-14-12-10-8-6-4-2/h14,21,27,29,32-34,37-38H,3-13,15-20,22-26,28,30-31H2,1-2H3,(H,36,39)(H,40,41,42)/b21-14+,29-27+. The van der Waals surface area contributed by atoms with Gasteiger partial charge in [0.25, 0.3) is 10.1 Å².